The number of hydrogen-bond donors (Lipinski definition) is 1. The number of carbonyl (C=O) groups is 2. The summed E-state index contributed by atoms with van der Waals surface area (Å²) in [5, 5.41) is 2.92. The zero-order valence-electron chi connectivity index (χ0n) is 17.4. The van der Waals surface area contributed by atoms with E-state index in [1.807, 2.05) is 37.8 Å². The topological polar surface area (TPSA) is 74.8 Å². The van der Waals surface area contributed by atoms with Crippen LogP contribution >= 0.6 is 0 Å². The SMILES string of the molecule is CC1CCN(C(=O)c2ccc(N3CC[C@@H](NC(=O)OC(C)(C)C)C3)nc2)CC1. The summed E-state index contributed by atoms with van der Waals surface area (Å²) in [6.45, 7) is 10.9. The van der Waals surface area contributed by atoms with Crippen LogP contribution in [0.1, 0.15) is 57.3 Å². The molecule has 2 aliphatic heterocycles. The van der Waals surface area contributed by atoms with Crippen LogP contribution in [-0.2, 0) is 4.74 Å². The number of carbonyl (C=O) groups excluding carboxylic acids is 2. The van der Waals surface area contributed by atoms with E-state index in [2.05, 4.69) is 22.1 Å². The molecule has 28 heavy (non-hydrogen) atoms. The molecule has 0 bridgehead atoms. The fourth-order valence-electron chi connectivity index (χ4n) is 3.65. The lowest BCUT2D eigenvalue weighted by atomic mass is 9.99. The minimum absolute atomic E-state index is 0.0355. The molecule has 2 fully saturated rings. The van der Waals surface area contributed by atoms with Gasteiger partial charge in [-0.15, -0.1) is 0 Å². The zero-order valence-corrected chi connectivity index (χ0v) is 17.4. The van der Waals surface area contributed by atoms with Gasteiger partial charge in [0, 0.05) is 32.4 Å². The summed E-state index contributed by atoms with van der Waals surface area (Å²) in [4.78, 5) is 33.1. The fraction of sp³-hybridized carbons (Fsp3) is 0.667. The van der Waals surface area contributed by atoms with Crippen LogP contribution in [0.2, 0.25) is 0 Å². The molecule has 1 aromatic heterocycles. The van der Waals surface area contributed by atoms with Gasteiger partial charge in [0.15, 0.2) is 0 Å². The van der Waals surface area contributed by atoms with Gasteiger partial charge in [-0.3, -0.25) is 4.79 Å². The standard InChI is InChI=1S/C21H32N4O3/c1-15-7-10-24(11-8-15)19(26)16-5-6-18(22-13-16)25-12-9-17(14-25)23-20(27)28-21(2,3)4/h5-6,13,15,17H,7-12,14H2,1-4H3,(H,23,27)/t17-/m1/s1. The van der Waals surface area contributed by atoms with Crippen LogP contribution in [-0.4, -0.2) is 59.7 Å². The van der Waals surface area contributed by atoms with Crippen LogP contribution in [0.15, 0.2) is 18.3 Å². The highest BCUT2D eigenvalue weighted by atomic mass is 16.6. The highest BCUT2D eigenvalue weighted by Gasteiger charge is 2.27. The normalized spacial score (nSPS) is 20.9. The Balaban J connectivity index is 1.53. The van der Waals surface area contributed by atoms with Crippen LogP contribution in [0.3, 0.4) is 0 Å². The highest BCUT2D eigenvalue weighted by Crippen LogP contribution is 2.21. The Labute approximate surface area is 167 Å². The zero-order chi connectivity index (χ0) is 20.3. The lowest BCUT2D eigenvalue weighted by Crippen LogP contribution is -2.40. The Bertz CT molecular complexity index is 691. The largest absolute Gasteiger partial charge is 0.444 e. The second-order valence-electron chi connectivity index (χ2n) is 8.96. The summed E-state index contributed by atoms with van der Waals surface area (Å²) >= 11 is 0. The number of rotatable bonds is 3. The fourth-order valence-corrected chi connectivity index (χ4v) is 3.65. The van der Waals surface area contributed by atoms with Crippen molar-refractivity contribution in [3.8, 4) is 0 Å². The van der Waals surface area contributed by atoms with Crippen molar-refractivity contribution in [3.05, 3.63) is 23.9 Å². The van der Waals surface area contributed by atoms with Crippen LogP contribution < -0.4 is 10.2 Å². The molecule has 2 amide bonds. The molecule has 0 unspecified atom stereocenters. The lowest BCUT2D eigenvalue weighted by molar-refractivity contribution is 0.0508. The number of piperidine rings is 1. The summed E-state index contributed by atoms with van der Waals surface area (Å²) in [5.74, 6) is 1.59. The predicted octanol–water partition coefficient (Wildman–Crippen LogP) is 3.06. The average molecular weight is 389 g/mol. The smallest absolute Gasteiger partial charge is 0.407 e. The first-order valence-electron chi connectivity index (χ1n) is 10.2. The first-order valence-corrected chi connectivity index (χ1v) is 10.2. The second kappa shape index (κ2) is 8.37. The third-order valence-electron chi connectivity index (χ3n) is 5.30. The lowest BCUT2D eigenvalue weighted by Gasteiger charge is -2.30. The molecular formula is C21H32N4O3. The molecule has 7 nitrogen and oxygen atoms in total. The molecule has 7 heteroatoms. The molecule has 0 saturated carbocycles. The molecule has 1 atom stereocenters. The molecule has 0 aromatic carbocycles. The van der Waals surface area contributed by atoms with Gasteiger partial charge in [0.1, 0.15) is 11.4 Å². The van der Waals surface area contributed by atoms with Gasteiger partial charge >= 0.3 is 6.09 Å². The van der Waals surface area contributed by atoms with Gasteiger partial charge < -0.3 is 19.9 Å². The Morgan fingerprint density at radius 3 is 2.46 bits per heavy atom. The van der Waals surface area contributed by atoms with E-state index in [0.29, 0.717) is 18.0 Å². The van der Waals surface area contributed by atoms with Crippen LogP contribution in [0.4, 0.5) is 10.6 Å². The Kier molecular flexibility index (Phi) is 6.10. The third-order valence-corrected chi connectivity index (χ3v) is 5.30. The van der Waals surface area contributed by atoms with Crippen molar-refractivity contribution >= 4 is 17.8 Å². The highest BCUT2D eigenvalue weighted by molar-refractivity contribution is 5.94. The summed E-state index contributed by atoms with van der Waals surface area (Å²) in [6, 6.07) is 3.79. The molecule has 2 aliphatic rings. The van der Waals surface area contributed by atoms with Crippen molar-refractivity contribution in [3.63, 3.8) is 0 Å². The van der Waals surface area contributed by atoms with E-state index in [1.165, 1.54) is 0 Å². The number of nitrogens with zero attached hydrogens (tertiary/aromatic N) is 3. The van der Waals surface area contributed by atoms with E-state index in [9.17, 15) is 9.59 Å². The van der Waals surface area contributed by atoms with Crippen molar-refractivity contribution in [2.45, 2.75) is 58.6 Å². The van der Waals surface area contributed by atoms with Gasteiger partial charge in [-0.25, -0.2) is 9.78 Å². The molecule has 1 N–H and O–H groups in total. The maximum absolute atomic E-state index is 12.6. The third kappa shape index (κ3) is 5.36. The minimum atomic E-state index is -0.501. The van der Waals surface area contributed by atoms with Crippen molar-refractivity contribution in [2.75, 3.05) is 31.1 Å². The monoisotopic (exact) mass is 388 g/mol. The molecule has 2 saturated heterocycles. The Morgan fingerprint density at radius 2 is 1.86 bits per heavy atom. The number of anilines is 1. The summed E-state index contributed by atoms with van der Waals surface area (Å²) in [7, 11) is 0. The van der Waals surface area contributed by atoms with Crippen LogP contribution in [0.5, 0.6) is 0 Å². The number of pyridine rings is 1. The Morgan fingerprint density at radius 1 is 1.14 bits per heavy atom. The van der Waals surface area contributed by atoms with Gasteiger partial charge in [-0.2, -0.15) is 0 Å². The first-order chi connectivity index (χ1) is 13.2. The molecular weight excluding hydrogens is 356 g/mol. The molecule has 0 spiro atoms. The molecule has 1 aromatic rings. The van der Waals surface area contributed by atoms with Crippen LogP contribution in [0.25, 0.3) is 0 Å². The summed E-state index contributed by atoms with van der Waals surface area (Å²) in [5.41, 5.74) is 0.138. The summed E-state index contributed by atoms with van der Waals surface area (Å²) in [6.07, 6.45) is 4.26. The van der Waals surface area contributed by atoms with E-state index in [-0.39, 0.29) is 18.0 Å². The molecule has 0 radical (unpaired) electrons. The van der Waals surface area contributed by atoms with Gasteiger partial charge in [-0.05, 0) is 58.1 Å². The number of hydrogen-bond acceptors (Lipinski definition) is 5. The van der Waals surface area contributed by atoms with E-state index < -0.39 is 5.60 Å². The molecule has 154 valence electrons. The number of nitrogens with one attached hydrogen (secondary N) is 1. The minimum Gasteiger partial charge on any atom is -0.444 e. The average Bonchev–Trinajstić information content (AvgIpc) is 3.08. The van der Waals surface area contributed by atoms with Crippen molar-refractivity contribution < 1.29 is 14.3 Å². The predicted molar refractivity (Wildman–Crippen MR) is 109 cm³/mol. The molecule has 0 aliphatic carbocycles. The number of ether oxygens (including phenoxy) is 1. The molecule has 3 rings (SSSR count). The number of aromatic nitrogens is 1. The van der Waals surface area contributed by atoms with Gasteiger partial charge in [0.05, 0.1) is 11.6 Å². The van der Waals surface area contributed by atoms with Crippen molar-refractivity contribution in [1.82, 2.24) is 15.2 Å². The maximum Gasteiger partial charge on any atom is 0.407 e. The van der Waals surface area contributed by atoms with Gasteiger partial charge in [-0.1, -0.05) is 6.92 Å². The second-order valence-corrected chi connectivity index (χ2v) is 8.96. The van der Waals surface area contributed by atoms with E-state index in [4.69, 9.17) is 4.74 Å². The van der Waals surface area contributed by atoms with Gasteiger partial charge in [0.2, 0.25) is 0 Å². The first kappa shape index (κ1) is 20.4. The quantitative estimate of drug-likeness (QED) is 0.861. The van der Waals surface area contributed by atoms with Gasteiger partial charge in [0.25, 0.3) is 5.91 Å². The number of likely N-dealkylation sites (tertiary alicyclic amines) is 1. The Hall–Kier alpha value is -2.31. The van der Waals surface area contributed by atoms with E-state index >= 15 is 0 Å². The van der Waals surface area contributed by atoms with Crippen molar-refractivity contribution in [1.29, 1.82) is 0 Å². The summed E-state index contributed by atoms with van der Waals surface area (Å²) < 4.78 is 5.32. The number of alkyl carbamates (subject to hydrolysis) is 1. The maximum atomic E-state index is 12.6. The van der Waals surface area contributed by atoms with Crippen LogP contribution in [0, 0.1) is 5.92 Å². The number of amides is 2. The van der Waals surface area contributed by atoms with Crippen molar-refractivity contribution in [2.24, 2.45) is 5.92 Å². The van der Waals surface area contributed by atoms with E-state index in [1.54, 1.807) is 6.20 Å². The molecule has 3 heterocycles. The van der Waals surface area contributed by atoms with E-state index in [0.717, 1.165) is 44.7 Å².